The molecule has 0 spiro atoms. The molecule has 0 saturated heterocycles. The van der Waals surface area contributed by atoms with Crippen molar-refractivity contribution >= 4 is 10.8 Å². The summed E-state index contributed by atoms with van der Waals surface area (Å²) in [6.07, 6.45) is 0. The summed E-state index contributed by atoms with van der Waals surface area (Å²) in [6, 6.07) is 15.7. The van der Waals surface area contributed by atoms with E-state index in [1.807, 2.05) is 0 Å². The number of hydrogen-bond donors (Lipinski definition) is 1. The SMILES string of the molecule is COCCNC(C)C(C)c1ccc2ccccc2c1. The van der Waals surface area contributed by atoms with Crippen molar-refractivity contribution in [3.05, 3.63) is 48.0 Å². The first-order chi connectivity index (χ1) is 9.22. The standard InChI is InChI=1S/C17H23NO/c1-13(14(2)18-10-11-19-3)16-9-8-15-6-4-5-7-17(15)12-16/h4-9,12-14,18H,10-11H2,1-3H3. The zero-order chi connectivity index (χ0) is 13.7. The Morgan fingerprint density at radius 3 is 2.53 bits per heavy atom. The minimum atomic E-state index is 0.441. The summed E-state index contributed by atoms with van der Waals surface area (Å²) in [5.41, 5.74) is 1.39. The molecular formula is C17H23NO. The second-order valence-electron chi connectivity index (χ2n) is 5.13. The highest BCUT2D eigenvalue weighted by Crippen LogP contribution is 2.23. The lowest BCUT2D eigenvalue weighted by atomic mass is 9.92. The van der Waals surface area contributed by atoms with E-state index in [4.69, 9.17) is 4.74 Å². The van der Waals surface area contributed by atoms with Crippen LogP contribution < -0.4 is 5.32 Å². The van der Waals surface area contributed by atoms with E-state index < -0.39 is 0 Å². The van der Waals surface area contributed by atoms with E-state index in [9.17, 15) is 0 Å². The predicted octanol–water partition coefficient (Wildman–Crippen LogP) is 3.57. The highest BCUT2D eigenvalue weighted by atomic mass is 16.5. The lowest BCUT2D eigenvalue weighted by Crippen LogP contribution is -2.33. The second-order valence-corrected chi connectivity index (χ2v) is 5.13. The smallest absolute Gasteiger partial charge is 0.0587 e. The minimum Gasteiger partial charge on any atom is -0.383 e. The maximum atomic E-state index is 5.07. The van der Waals surface area contributed by atoms with Gasteiger partial charge in [0.25, 0.3) is 0 Å². The van der Waals surface area contributed by atoms with Gasteiger partial charge in [0, 0.05) is 19.7 Å². The summed E-state index contributed by atoms with van der Waals surface area (Å²) in [5, 5.41) is 6.12. The molecule has 2 atom stereocenters. The summed E-state index contributed by atoms with van der Waals surface area (Å²) in [6.45, 7) is 6.16. The normalized spacial score (nSPS) is 14.5. The predicted molar refractivity (Wildman–Crippen MR) is 81.7 cm³/mol. The van der Waals surface area contributed by atoms with Crippen molar-refractivity contribution in [3.63, 3.8) is 0 Å². The molecule has 1 N–H and O–H groups in total. The Labute approximate surface area is 115 Å². The highest BCUT2D eigenvalue weighted by Gasteiger charge is 2.13. The van der Waals surface area contributed by atoms with Crippen LogP contribution in [0.2, 0.25) is 0 Å². The first kappa shape index (κ1) is 14.0. The Morgan fingerprint density at radius 1 is 1.05 bits per heavy atom. The number of nitrogens with one attached hydrogen (secondary N) is 1. The van der Waals surface area contributed by atoms with Gasteiger partial charge in [0.15, 0.2) is 0 Å². The van der Waals surface area contributed by atoms with Gasteiger partial charge < -0.3 is 10.1 Å². The van der Waals surface area contributed by atoms with Crippen LogP contribution in [0.3, 0.4) is 0 Å². The molecule has 0 saturated carbocycles. The number of methoxy groups -OCH3 is 1. The number of rotatable bonds is 6. The Balaban J connectivity index is 2.09. The summed E-state index contributed by atoms with van der Waals surface area (Å²) in [7, 11) is 1.74. The van der Waals surface area contributed by atoms with Crippen LogP contribution in [0.25, 0.3) is 10.8 Å². The summed E-state index contributed by atoms with van der Waals surface area (Å²) in [5.74, 6) is 0.487. The van der Waals surface area contributed by atoms with Gasteiger partial charge in [0.1, 0.15) is 0 Å². The molecule has 0 aliphatic carbocycles. The molecule has 0 aromatic heterocycles. The topological polar surface area (TPSA) is 21.3 Å². The van der Waals surface area contributed by atoms with E-state index in [1.54, 1.807) is 7.11 Å². The van der Waals surface area contributed by atoms with Gasteiger partial charge in [0.2, 0.25) is 0 Å². The molecule has 2 nitrogen and oxygen atoms in total. The van der Waals surface area contributed by atoms with E-state index in [0.29, 0.717) is 12.0 Å². The molecule has 2 heteroatoms. The summed E-state index contributed by atoms with van der Waals surface area (Å²) >= 11 is 0. The zero-order valence-electron chi connectivity index (χ0n) is 12.0. The Hall–Kier alpha value is -1.38. The van der Waals surface area contributed by atoms with Gasteiger partial charge >= 0.3 is 0 Å². The number of benzene rings is 2. The number of fused-ring (bicyclic) bond motifs is 1. The van der Waals surface area contributed by atoms with Gasteiger partial charge in [-0.3, -0.25) is 0 Å². The average Bonchev–Trinajstić information content (AvgIpc) is 2.46. The fourth-order valence-corrected chi connectivity index (χ4v) is 2.35. The summed E-state index contributed by atoms with van der Waals surface area (Å²) < 4.78 is 5.07. The minimum absolute atomic E-state index is 0.441. The molecule has 0 radical (unpaired) electrons. The molecule has 2 aromatic rings. The highest BCUT2D eigenvalue weighted by molar-refractivity contribution is 5.83. The van der Waals surface area contributed by atoms with Crippen molar-refractivity contribution in [1.29, 1.82) is 0 Å². The van der Waals surface area contributed by atoms with Gasteiger partial charge in [-0.15, -0.1) is 0 Å². The molecule has 2 rings (SSSR count). The van der Waals surface area contributed by atoms with Gasteiger partial charge in [-0.2, -0.15) is 0 Å². The molecule has 0 aliphatic heterocycles. The van der Waals surface area contributed by atoms with Crippen LogP contribution in [0, 0.1) is 0 Å². The molecule has 0 fully saturated rings. The third-order valence-corrected chi connectivity index (χ3v) is 3.82. The van der Waals surface area contributed by atoms with Gasteiger partial charge in [-0.05, 0) is 29.2 Å². The van der Waals surface area contributed by atoms with E-state index in [1.165, 1.54) is 16.3 Å². The zero-order valence-corrected chi connectivity index (χ0v) is 12.0. The van der Waals surface area contributed by atoms with Crippen molar-refractivity contribution in [2.24, 2.45) is 0 Å². The third-order valence-electron chi connectivity index (χ3n) is 3.82. The van der Waals surface area contributed by atoms with Crippen LogP contribution in [0.5, 0.6) is 0 Å². The van der Waals surface area contributed by atoms with E-state index >= 15 is 0 Å². The van der Waals surface area contributed by atoms with Crippen molar-refractivity contribution in [2.75, 3.05) is 20.3 Å². The second kappa shape index (κ2) is 6.69. The molecule has 2 unspecified atom stereocenters. The van der Waals surface area contributed by atoms with Crippen LogP contribution in [0.4, 0.5) is 0 Å². The van der Waals surface area contributed by atoms with E-state index in [-0.39, 0.29) is 0 Å². The largest absolute Gasteiger partial charge is 0.383 e. The van der Waals surface area contributed by atoms with Crippen LogP contribution in [-0.2, 0) is 4.74 Å². The lowest BCUT2D eigenvalue weighted by molar-refractivity contribution is 0.195. The van der Waals surface area contributed by atoms with Crippen molar-refractivity contribution in [3.8, 4) is 0 Å². The summed E-state index contributed by atoms with van der Waals surface area (Å²) in [4.78, 5) is 0. The van der Waals surface area contributed by atoms with Gasteiger partial charge in [0.05, 0.1) is 6.61 Å². The maximum Gasteiger partial charge on any atom is 0.0587 e. The molecule has 19 heavy (non-hydrogen) atoms. The quantitative estimate of drug-likeness (QED) is 0.799. The third kappa shape index (κ3) is 3.55. The fraction of sp³-hybridized carbons (Fsp3) is 0.412. The van der Waals surface area contributed by atoms with Gasteiger partial charge in [-0.1, -0.05) is 49.4 Å². The monoisotopic (exact) mass is 257 g/mol. The molecule has 102 valence electrons. The Kier molecular flexibility index (Phi) is 4.94. The van der Waals surface area contributed by atoms with Crippen molar-refractivity contribution in [2.45, 2.75) is 25.8 Å². The Bertz CT molecular complexity index is 523. The van der Waals surface area contributed by atoms with Crippen LogP contribution in [0.15, 0.2) is 42.5 Å². The van der Waals surface area contributed by atoms with Crippen molar-refractivity contribution < 1.29 is 4.74 Å². The maximum absolute atomic E-state index is 5.07. The van der Waals surface area contributed by atoms with Gasteiger partial charge in [-0.25, -0.2) is 0 Å². The van der Waals surface area contributed by atoms with E-state index in [0.717, 1.165) is 13.2 Å². The molecule has 0 heterocycles. The fourth-order valence-electron chi connectivity index (χ4n) is 2.35. The molecule has 0 bridgehead atoms. The molecule has 0 amide bonds. The molecule has 2 aromatic carbocycles. The van der Waals surface area contributed by atoms with Crippen LogP contribution in [0.1, 0.15) is 25.3 Å². The Morgan fingerprint density at radius 2 is 1.79 bits per heavy atom. The van der Waals surface area contributed by atoms with Crippen LogP contribution in [-0.4, -0.2) is 26.3 Å². The van der Waals surface area contributed by atoms with Crippen molar-refractivity contribution in [1.82, 2.24) is 5.32 Å². The number of ether oxygens (including phenoxy) is 1. The number of hydrogen-bond acceptors (Lipinski definition) is 2. The molecule has 0 aliphatic rings. The van der Waals surface area contributed by atoms with E-state index in [2.05, 4.69) is 61.6 Å². The van der Waals surface area contributed by atoms with Crippen LogP contribution >= 0.6 is 0 Å². The first-order valence-electron chi connectivity index (χ1n) is 6.93. The lowest BCUT2D eigenvalue weighted by Gasteiger charge is -2.22. The molecular weight excluding hydrogens is 234 g/mol. The average molecular weight is 257 g/mol. The first-order valence-corrected chi connectivity index (χ1v) is 6.93.